The molecule has 10 heavy (non-hydrogen) atoms. The molecule has 0 atom stereocenters. The molecule has 2 nitrogen and oxygen atoms in total. The van der Waals surface area contributed by atoms with Gasteiger partial charge in [-0.3, -0.25) is 10.7 Å². The molecule has 0 bridgehead atoms. The minimum Gasteiger partial charge on any atom is -0.291 e. The second-order valence-corrected chi connectivity index (χ2v) is 2.58. The van der Waals surface area contributed by atoms with E-state index in [9.17, 15) is 0 Å². The maximum atomic E-state index is 8.45. The van der Waals surface area contributed by atoms with Gasteiger partial charge in [-0.2, -0.15) is 0 Å². The molecule has 0 spiro atoms. The molecule has 2 N–H and O–H groups in total. The maximum absolute atomic E-state index is 8.45. The van der Waals surface area contributed by atoms with Crippen molar-refractivity contribution < 1.29 is 5.21 Å². The second kappa shape index (κ2) is 3.10. The highest BCUT2D eigenvalue weighted by Gasteiger charge is 1.97. The van der Waals surface area contributed by atoms with Gasteiger partial charge in [0.2, 0.25) is 0 Å². The Bertz CT molecular complexity index is 239. The highest BCUT2D eigenvalue weighted by Crippen LogP contribution is 2.24. The highest BCUT2D eigenvalue weighted by molar-refractivity contribution is 6.35. The Morgan fingerprint density at radius 1 is 1.30 bits per heavy atom. The van der Waals surface area contributed by atoms with E-state index >= 15 is 0 Å². The minimum absolute atomic E-state index is 0.411. The van der Waals surface area contributed by atoms with Gasteiger partial charge in [0.25, 0.3) is 0 Å². The molecular weight excluding hydrogens is 173 g/mol. The van der Waals surface area contributed by atoms with Crippen molar-refractivity contribution in [3.63, 3.8) is 0 Å². The first-order valence-electron chi connectivity index (χ1n) is 2.59. The van der Waals surface area contributed by atoms with Crippen LogP contribution in [0.4, 0.5) is 5.69 Å². The van der Waals surface area contributed by atoms with Crippen molar-refractivity contribution in [2.45, 2.75) is 0 Å². The maximum Gasteiger partial charge on any atom is 0.0803 e. The summed E-state index contributed by atoms with van der Waals surface area (Å²) < 4.78 is 0. The van der Waals surface area contributed by atoms with Crippen LogP contribution in [0.5, 0.6) is 0 Å². The first kappa shape index (κ1) is 7.66. The third-order valence-corrected chi connectivity index (χ3v) is 1.61. The van der Waals surface area contributed by atoms with Crippen LogP contribution in [0.3, 0.4) is 0 Å². The van der Waals surface area contributed by atoms with Crippen molar-refractivity contribution in [1.29, 1.82) is 0 Å². The molecule has 0 fully saturated rings. The number of halogens is 2. The summed E-state index contributed by atoms with van der Waals surface area (Å²) in [7, 11) is 0. The van der Waals surface area contributed by atoms with Gasteiger partial charge in [0, 0.05) is 5.02 Å². The summed E-state index contributed by atoms with van der Waals surface area (Å²) >= 11 is 11.2. The summed E-state index contributed by atoms with van der Waals surface area (Å²) in [5.74, 6) is 0. The molecule has 0 heterocycles. The van der Waals surface area contributed by atoms with Crippen molar-refractivity contribution in [3.8, 4) is 0 Å². The minimum atomic E-state index is 0.411. The van der Waals surface area contributed by atoms with E-state index in [2.05, 4.69) is 0 Å². The summed E-state index contributed by atoms with van der Waals surface area (Å²) in [6, 6.07) is 4.77. The molecule has 0 amide bonds. The molecule has 0 aliphatic carbocycles. The fraction of sp³-hybridized carbons (Fsp3) is 0. The van der Waals surface area contributed by atoms with Crippen molar-refractivity contribution in [3.05, 3.63) is 28.2 Å². The van der Waals surface area contributed by atoms with E-state index in [0.717, 1.165) is 0 Å². The van der Waals surface area contributed by atoms with Crippen LogP contribution in [0.25, 0.3) is 0 Å². The topological polar surface area (TPSA) is 32.3 Å². The van der Waals surface area contributed by atoms with E-state index in [0.29, 0.717) is 15.7 Å². The standard InChI is InChI=1S/C6H5Cl2NO/c7-4-1-2-5(8)6(3-4)9-10/h1-3,9-10H. The third kappa shape index (κ3) is 1.53. The molecular formula is C6H5Cl2NO. The predicted molar refractivity (Wildman–Crippen MR) is 41.9 cm³/mol. The van der Waals surface area contributed by atoms with Gasteiger partial charge in [0.05, 0.1) is 10.7 Å². The van der Waals surface area contributed by atoms with Gasteiger partial charge in [-0.1, -0.05) is 23.2 Å². The Hall–Kier alpha value is -0.440. The number of nitrogens with one attached hydrogen (secondary N) is 1. The van der Waals surface area contributed by atoms with Crippen LogP contribution in [0.1, 0.15) is 0 Å². The lowest BCUT2D eigenvalue weighted by atomic mass is 10.3. The SMILES string of the molecule is ONc1cc(Cl)ccc1Cl. The van der Waals surface area contributed by atoms with Crippen LogP contribution in [-0.4, -0.2) is 5.21 Å². The van der Waals surface area contributed by atoms with Gasteiger partial charge in [-0.15, -0.1) is 0 Å². The Kier molecular flexibility index (Phi) is 2.38. The molecule has 54 valence electrons. The molecule has 0 saturated heterocycles. The highest BCUT2D eigenvalue weighted by atomic mass is 35.5. The molecule has 1 aromatic rings. The summed E-state index contributed by atoms with van der Waals surface area (Å²) in [5.41, 5.74) is 2.33. The average Bonchev–Trinajstić information content (AvgIpc) is 1.94. The zero-order valence-corrected chi connectivity index (χ0v) is 6.45. The molecule has 4 heteroatoms. The van der Waals surface area contributed by atoms with Crippen LogP contribution < -0.4 is 5.48 Å². The summed E-state index contributed by atoms with van der Waals surface area (Å²) in [6.45, 7) is 0. The average molecular weight is 178 g/mol. The summed E-state index contributed by atoms with van der Waals surface area (Å²) in [4.78, 5) is 0. The lowest BCUT2D eigenvalue weighted by Gasteiger charge is -2.00. The van der Waals surface area contributed by atoms with E-state index in [1.54, 1.807) is 12.1 Å². The van der Waals surface area contributed by atoms with Crippen molar-refractivity contribution in [2.24, 2.45) is 0 Å². The number of hydrogen-bond acceptors (Lipinski definition) is 2. The van der Waals surface area contributed by atoms with E-state index in [4.69, 9.17) is 28.4 Å². The van der Waals surface area contributed by atoms with E-state index in [1.807, 2.05) is 5.48 Å². The Morgan fingerprint density at radius 2 is 2.00 bits per heavy atom. The number of rotatable bonds is 1. The number of anilines is 1. The Labute approximate surface area is 68.3 Å². The largest absolute Gasteiger partial charge is 0.291 e. The Balaban J connectivity index is 3.09. The van der Waals surface area contributed by atoms with Gasteiger partial charge < -0.3 is 0 Å². The van der Waals surface area contributed by atoms with Crippen LogP contribution in [0, 0.1) is 0 Å². The number of benzene rings is 1. The van der Waals surface area contributed by atoms with Crippen molar-refractivity contribution >= 4 is 28.9 Å². The molecule has 0 aromatic heterocycles. The van der Waals surface area contributed by atoms with Gasteiger partial charge >= 0.3 is 0 Å². The predicted octanol–water partition coefficient (Wildman–Crippen LogP) is 2.79. The first-order valence-corrected chi connectivity index (χ1v) is 3.35. The molecule has 0 aliphatic heterocycles. The van der Waals surface area contributed by atoms with Crippen LogP contribution >= 0.6 is 23.2 Å². The summed E-state index contributed by atoms with van der Waals surface area (Å²) in [6.07, 6.45) is 0. The van der Waals surface area contributed by atoms with Gasteiger partial charge in [0.1, 0.15) is 0 Å². The lowest BCUT2D eigenvalue weighted by Crippen LogP contribution is -1.88. The molecule has 1 rings (SSSR count). The van der Waals surface area contributed by atoms with Crippen molar-refractivity contribution in [2.75, 3.05) is 5.48 Å². The van der Waals surface area contributed by atoms with E-state index in [-0.39, 0.29) is 0 Å². The molecule has 0 unspecified atom stereocenters. The second-order valence-electron chi connectivity index (χ2n) is 1.74. The van der Waals surface area contributed by atoms with Gasteiger partial charge in [0.15, 0.2) is 0 Å². The fourth-order valence-corrected chi connectivity index (χ4v) is 0.915. The van der Waals surface area contributed by atoms with Crippen LogP contribution in [0.15, 0.2) is 18.2 Å². The van der Waals surface area contributed by atoms with Gasteiger partial charge in [-0.25, -0.2) is 0 Å². The molecule has 1 aromatic carbocycles. The fourth-order valence-electron chi connectivity index (χ4n) is 0.583. The third-order valence-electron chi connectivity index (χ3n) is 1.05. The summed E-state index contributed by atoms with van der Waals surface area (Å²) in [5, 5.41) is 9.42. The molecule has 0 radical (unpaired) electrons. The smallest absolute Gasteiger partial charge is 0.0803 e. The lowest BCUT2D eigenvalue weighted by molar-refractivity contribution is 0.389. The zero-order chi connectivity index (χ0) is 7.56. The quantitative estimate of drug-likeness (QED) is 0.648. The van der Waals surface area contributed by atoms with E-state index < -0.39 is 0 Å². The first-order chi connectivity index (χ1) is 4.74. The van der Waals surface area contributed by atoms with Crippen molar-refractivity contribution in [1.82, 2.24) is 0 Å². The van der Waals surface area contributed by atoms with Gasteiger partial charge in [-0.05, 0) is 18.2 Å². The van der Waals surface area contributed by atoms with Crippen LogP contribution in [-0.2, 0) is 0 Å². The number of hydrogen-bond donors (Lipinski definition) is 2. The molecule has 0 aliphatic rings. The van der Waals surface area contributed by atoms with E-state index in [1.165, 1.54) is 6.07 Å². The normalized spacial score (nSPS) is 9.50. The monoisotopic (exact) mass is 177 g/mol. The zero-order valence-electron chi connectivity index (χ0n) is 4.94. The Morgan fingerprint density at radius 3 is 2.50 bits per heavy atom. The van der Waals surface area contributed by atoms with Crippen LogP contribution in [0.2, 0.25) is 10.0 Å². The molecule has 0 saturated carbocycles.